The van der Waals surface area contributed by atoms with E-state index in [9.17, 15) is 13.2 Å². The van der Waals surface area contributed by atoms with Gasteiger partial charge in [-0.1, -0.05) is 30.3 Å². The number of ether oxygens (including phenoxy) is 1. The first-order valence-corrected chi connectivity index (χ1v) is 11.9. The first-order chi connectivity index (χ1) is 14.9. The van der Waals surface area contributed by atoms with E-state index in [2.05, 4.69) is 5.10 Å². The van der Waals surface area contributed by atoms with Crippen LogP contribution in [0.2, 0.25) is 0 Å². The second-order valence-corrected chi connectivity index (χ2v) is 9.99. The van der Waals surface area contributed by atoms with Gasteiger partial charge in [0.25, 0.3) is 5.91 Å². The molecule has 7 nitrogen and oxygen atoms in total. The Morgan fingerprint density at radius 3 is 2.48 bits per heavy atom. The van der Waals surface area contributed by atoms with Gasteiger partial charge >= 0.3 is 0 Å². The molecule has 1 unspecified atom stereocenters. The molecule has 0 aliphatic carbocycles. The van der Waals surface area contributed by atoms with Gasteiger partial charge in [0.2, 0.25) is 0 Å². The maximum absolute atomic E-state index is 13.5. The molecule has 2 aromatic carbocycles. The number of hydrogen-bond donors (Lipinski definition) is 0. The quantitative estimate of drug-likeness (QED) is 0.590. The van der Waals surface area contributed by atoms with Crippen molar-refractivity contribution in [2.24, 2.45) is 0 Å². The number of hydrogen-bond acceptors (Lipinski definition) is 5. The summed E-state index contributed by atoms with van der Waals surface area (Å²) < 4.78 is 31.1. The van der Waals surface area contributed by atoms with Gasteiger partial charge in [0.15, 0.2) is 15.5 Å². The summed E-state index contributed by atoms with van der Waals surface area (Å²) in [6.45, 7) is 2.20. The van der Waals surface area contributed by atoms with Gasteiger partial charge in [-0.3, -0.25) is 4.79 Å². The Kier molecular flexibility index (Phi) is 5.82. The third-order valence-corrected chi connectivity index (χ3v) is 7.28. The zero-order valence-electron chi connectivity index (χ0n) is 17.6. The minimum absolute atomic E-state index is 0.0206. The molecule has 1 saturated heterocycles. The molecule has 31 heavy (non-hydrogen) atoms. The van der Waals surface area contributed by atoms with E-state index in [0.717, 1.165) is 22.7 Å². The van der Waals surface area contributed by atoms with Crippen molar-refractivity contribution in [3.8, 4) is 11.4 Å². The van der Waals surface area contributed by atoms with Crippen LogP contribution in [-0.4, -0.2) is 53.7 Å². The van der Waals surface area contributed by atoms with Crippen LogP contribution in [0.3, 0.4) is 0 Å². The molecule has 1 fully saturated rings. The number of nitrogens with zero attached hydrogens (tertiary/aromatic N) is 3. The van der Waals surface area contributed by atoms with Crippen molar-refractivity contribution in [2.45, 2.75) is 25.9 Å². The lowest BCUT2D eigenvalue weighted by Gasteiger charge is -2.27. The summed E-state index contributed by atoms with van der Waals surface area (Å²) >= 11 is 0. The first kappa shape index (κ1) is 21.1. The lowest BCUT2D eigenvalue weighted by atomic mass is 10.1. The third kappa shape index (κ3) is 4.64. The van der Waals surface area contributed by atoms with Crippen LogP contribution in [0.5, 0.6) is 5.75 Å². The second-order valence-electron chi connectivity index (χ2n) is 7.76. The number of aromatic nitrogens is 2. The molecule has 1 amide bonds. The summed E-state index contributed by atoms with van der Waals surface area (Å²) in [5.41, 5.74) is 2.90. The van der Waals surface area contributed by atoms with Gasteiger partial charge in [0.1, 0.15) is 5.75 Å². The maximum Gasteiger partial charge on any atom is 0.274 e. The zero-order chi connectivity index (χ0) is 22.0. The number of amides is 1. The van der Waals surface area contributed by atoms with Crippen molar-refractivity contribution in [2.75, 3.05) is 18.6 Å². The average Bonchev–Trinajstić information content (AvgIpc) is 3.34. The van der Waals surface area contributed by atoms with Crippen LogP contribution in [0, 0.1) is 6.92 Å². The largest absolute Gasteiger partial charge is 0.497 e. The van der Waals surface area contributed by atoms with E-state index in [0.29, 0.717) is 18.7 Å². The maximum atomic E-state index is 13.5. The van der Waals surface area contributed by atoms with Gasteiger partial charge < -0.3 is 9.64 Å². The molecule has 2 heterocycles. The van der Waals surface area contributed by atoms with Gasteiger partial charge in [0, 0.05) is 18.3 Å². The molecule has 1 aromatic heterocycles. The third-order valence-electron chi connectivity index (χ3n) is 5.53. The summed E-state index contributed by atoms with van der Waals surface area (Å²) in [5, 5.41) is 4.53. The van der Waals surface area contributed by atoms with Crippen LogP contribution >= 0.6 is 0 Å². The molecule has 1 aliphatic heterocycles. The van der Waals surface area contributed by atoms with Crippen molar-refractivity contribution in [1.29, 1.82) is 0 Å². The number of carbonyl (C=O) groups is 1. The van der Waals surface area contributed by atoms with Crippen LogP contribution in [-0.2, 0) is 16.4 Å². The van der Waals surface area contributed by atoms with Crippen molar-refractivity contribution in [3.63, 3.8) is 0 Å². The van der Waals surface area contributed by atoms with Crippen molar-refractivity contribution >= 4 is 15.7 Å². The van der Waals surface area contributed by atoms with E-state index in [1.807, 2.05) is 61.5 Å². The lowest BCUT2D eigenvalue weighted by Crippen LogP contribution is -2.40. The summed E-state index contributed by atoms with van der Waals surface area (Å²) in [6, 6.07) is 18.4. The van der Waals surface area contributed by atoms with E-state index in [1.54, 1.807) is 22.8 Å². The van der Waals surface area contributed by atoms with Crippen LogP contribution < -0.4 is 4.74 Å². The van der Waals surface area contributed by atoms with Gasteiger partial charge in [-0.25, -0.2) is 13.1 Å². The molecular weight excluding hydrogens is 414 g/mol. The highest BCUT2D eigenvalue weighted by molar-refractivity contribution is 7.91. The standard InChI is InChI=1S/C23H25N3O4S/c1-17-14-22(24-26(17)19-6-4-3-5-7-19)23(27)25(20-12-13-31(28,29)16-20)15-18-8-10-21(30-2)11-9-18/h3-11,14,20H,12-13,15-16H2,1-2H3. The average molecular weight is 440 g/mol. The SMILES string of the molecule is COc1ccc(CN(C(=O)c2cc(C)n(-c3ccccc3)n2)C2CCS(=O)(=O)C2)cc1. The normalized spacial score (nSPS) is 17.4. The van der Waals surface area contributed by atoms with Gasteiger partial charge in [0.05, 0.1) is 24.3 Å². The molecule has 0 saturated carbocycles. The molecule has 3 aromatic rings. The highest BCUT2D eigenvalue weighted by Crippen LogP contribution is 2.24. The molecule has 0 spiro atoms. The summed E-state index contributed by atoms with van der Waals surface area (Å²) in [7, 11) is -1.55. The molecule has 162 valence electrons. The van der Waals surface area contributed by atoms with Gasteiger partial charge in [-0.05, 0) is 49.2 Å². The van der Waals surface area contributed by atoms with Crippen molar-refractivity contribution in [3.05, 3.63) is 77.6 Å². The Labute approximate surface area is 182 Å². The number of methoxy groups -OCH3 is 1. The first-order valence-electron chi connectivity index (χ1n) is 10.1. The Bertz CT molecular complexity index is 1170. The molecule has 8 heteroatoms. The number of carbonyl (C=O) groups excluding carboxylic acids is 1. The predicted molar refractivity (Wildman–Crippen MR) is 118 cm³/mol. The van der Waals surface area contributed by atoms with Crippen LogP contribution in [0.4, 0.5) is 0 Å². The topological polar surface area (TPSA) is 81.5 Å². The van der Waals surface area contributed by atoms with E-state index < -0.39 is 9.84 Å². The second kappa shape index (κ2) is 8.55. The highest BCUT2D eigenvalue weighted by Gasteiger charge is 2.36. The minimum Gasteiger partial charge on any atom is -0.497 e. The molecule has 1 aliphatic rings. The number of para-hydroxylation sites is 1. The Morgan fingerprint density at radius 2 is 1.87 bits per heavy atom. The van der Waals surface area contributed by atoms with Crippen LogP contribution in [0.1, 0.15) is 28.2 Å². The van der Waals surface area contributed by atoms with Gasteiger partial charge in [-0.15, -0.1) is 0 Å². The number of rotatable bonds is 6. The Balaban J connectivity index is 1.65. The molecule has 0 bridgehead atoms. The van der Waals surface area contributed by atoms with E-state index in [1.165, 1.54) is 0 Å². The number of aryl methyl sites for hydroxylation is 1. The fourth-order valence-electron chi connectivity index (χ4n) is 3.87. The smallest absolute Gasteiger partial charge is 0.274 e. The predicted octanol–water partition coefficient (Wildman–Crippen LogP) is 3.02. The van der Waals surface area contributed by atoms with E-state index in [4.69, 9.17) is 4.74 Å². The number of sulfone groups is 1. The highest BCUT2D eigenvalue weighted by atomic mass is 32.2. The van der Waals surface area contributed by atoms with E-state index in [-0.39, 0.29) is 23.5 Å². The molecule has 0 radical (unpaired) electrons. The van der Waals surface area contributed by atoms with E-state index >= 15 is 0 Å². The fourth-order valence-corrected chi connectivity index (χ4v) is 5.60. The molecule has 4 rings (SSSR count). The molecule has 1 atom stereocenters. The summed E-state index contributed by atoms with van der Waals surface area (Å²) in [4.78, 5) is 15.1. The van der Waals surface area contributed by atoms with Crippen LogP contribution in [0.25, 0.3) is 5.69 Å². The zero-order valence-corrected chi connectivity index (χ0v) is 18.4. The minimum atomic E-state index is -3.14. The van der Waals surface area contributed by atoms with Crippen molar-refractivity contribution < 1.29 is 17.9 Å². The monoisotopic (exact) mass is 439 g/mol. The van der Waals surface area contributed by atoms with Crippen LogP contribution in [0.15, 0.2) is 60.7 Å². The molecular formula is C23H25N3O4S. The molecule has 0 N–H and O–H groups in total. The summed E-state index contributed by atoms with van der Waals surface area (Å²) in [6.07, 6.45) is 0.433. The van der Waals surface area contributed by atoms with Gasteiger partial charge in [-0.2, -0.15) is 5.10 Å². The Morgan fingerprint density at radius 1 is 1.16 bits per heavy atom. The lowest BCUT2D eigenvalue weighted by molar-refractivity contribution is 0.0674. The number of benzene rings is 2. The van der Waals surface area contributed by atoms with Crippen molar-refractivity contribution in [1.82, 2.24) is 14.7 Å². The summed E-state index contributed by atoms with van der Waals surface area (Å²) in [5.74, 6) is 0.535. The fraction of sp³-hybridized carbons (Fsp3) is 0.304. The Hall–Kier alpha value is -3.13.